The highest BCUT2D eigenvalue weighted by atomic mass is 32.1. The highest BCUT2D eigenvalue weighted by molar-refractivity contribution is 7.13. The van der Waals surface area contributed by atoms with Gasteiger partial charge in [-0.3, -0.25) is 4.79 Å². The van der Waals surface area contributed by atoms with Crippen molar-refractivity contribution in [3.63, 3.8) is 0 Å². The van der Waals surface area contributed by atoms with Crippen molar-refractivity contribution in [1.29, 1.82) is 0 Å². The van der Waals surface area contributed by atoms with Gasteiger partial charge in [0.05, 0.1) is 5.69 Å². The Morgan fingerprint density at radius 3 is 2.58 bits per heavy atom. The third kappa shape index (κ3) is 7.93. The first kappa shape index (κ1) is 26.9. The van der Waals surface area contributed by atoms with Crippen molar-refractivity contribution in [3.05, 3.63) is 34.4 Å². The van der Waals surface area contributed by atoms with Crippen LogP contribution in [0.1, 0.15) is 60.5 Å². The van der Waals surface area contributed by atoms with E-state index < -0.39 is 18.5 Å². The Morgan fingerprint density at radius 2 is 1.89 bits per heavy atom. The zero-order chi connectivity index (χ0) is 25.8. The largest absolute Gasteiger partial charge is 0.460 e. The van der Waals surface area contributed by atoms with Crippen LogP contribution >= 0.6 is 11.3 Å². The van der Waals surface area contributed by atoms with E-state index in [4.69, 9.17) is 4.74 Å². The van der Waals surface area contributed by atoms with Crippen molar-refractivity contribution in [1.82, 2.24) is 19.9 Å². The van der Waals surface area contributed by atoms with Gasteiger partial charge in [0.25, 0.3) is 5.19 Å². The first-order valence-corrected chi connectivity index (χ1v) is 13.3. The highest BCUT2D eigenvalue weighted by Crippen LogP contribution is 2.39. The second-order valence-corrected chi connectivity index (χ2v) is 11.0. The van der Waals surface area contributed by atoms with Crippen molar-refractivity contribution < 1.29 is 27.1 Å². The fraction of sp³-hybridized carbons (Fsp3) is 0.680. The van der Waals surface area contributed by atoms with Crippen LogP contribution in [0.4, 0.5) is 17.6 Å². The fourth-order valence-corrected chi connectivity index (χ4v) is 5.90. The average molecular weight is 529 g/mol. The molecule has 0 N–H and O–H groups in total. The summed E-state index contributed by atoms with van der Waals surface area (Å²) in [7, 11) is 0. The molecular weight excluding hydrogens is 496 g/mol. The topological polar surface area (TPSA) is 68.2 Å². The zero-order valence-electron chi connectivity index (χ0n) is 20.4. The highest BCUT2D eigenvalue weighted by Gasteiger charge is 2.36. The molecule has 11 heteroatoms. The molecule has 3 heterocycles. The lowest BCUT2D eigenvalue weighted by atomic mass is 9.76. The smallest absolute Gasteiger partial charge is 0.422 e. The predicted molar refractivity (Wildman–Crippen MR) is 128 cm³/mol. The molecule has 4 rings (SSSR count). The maximum Gasteiger partial charge on any atom is 0.422 e. The van der Waals surface area contributed by atoms with Crippen LogP contribution in [0.25, 0.3) is 0 Å². The van der Waals surface area contributed by atoms with Gasteiger partial charge in [-0.15, -0.1) is 0 Å². The molecule has 0 saturated heterocycles. The maximum atomic E-state index is 15.5. The molecule has 0 aromatic carbocycles. The maximum absolute atomic E-state index is 15.5. The number of ketones is 1. The van der Waals surface area contributed by atoms with Crippen LogP contribution in [0.5, 0.6) is 5.19 Å². The van der Waals surface area contributed by atoms with E-state index in [0.717, 1.165) is 22.7 Å². The van der Waals surface area contributed by atoms with Crippen LogP contribution in [0.3, 0.4) is 0 Å². The monoisotopic (exact) mass is 528 g/mol. The van der Waals surface area contributed by atoms with Crippen molar-refractivity contribution in [3.8, 4) is 5.19 Å². The van der Waals surface area contributed by atoms with E-state index in [0.29, 0.717) is 76.7 Å². The van der Waals surface area contributed by atoms with Gasteiger partial charge in [-0.05, 0) is 56.9 Å². The number of nitrogens with zero attached hydrogens (tertiary/aromatic N) is 4. The summed E-state index contributed by atoms with van der Waals surface area (Å²) in [5.74, 6) is 1.05. The molecule has 0 unspecified atom stereocenters. The number of carbonyl (C=O) groups excluding carboxylic acids is 1. The summed E-state index contributed by atoms with van der Waals surface area (Å²) >= 11 is 1.17. The number of halogens is 4. The number of thiazole rings is 1. The van der Waals surface area contributed by atoms with Gasteiger partial charge in [-0.1, -0.05) is 11.3 Å². The minimum absolute atomic E-state index is 0.0657. The third-order valence-corrected chi connectivity index (χ3v) is 8.14. The number of ether oxygens (including phenoxy) is 1. The molecule has 0 radical (unpaired) electrons. The van der Waals surface area contributed by atoms with Gasteiger partial charge in [0, 0.05) is 56.2 Å². The number of aromatic nitrogens is 3. The standard InChI is InChI=1S/C25H32F4N4O2S/c1-17-30-14-19(15-31-17)13-20(34)12-18-2-6-24(26,7-3-18)8-11-33-9-4-21-22(5-10-33)36-23(32-21)35-16-25(27,28)29/h14-15,18H,2-13,16H2,1H3. The fourth-order valence-electron chi connectivity index (χ4n) is 4.95. The van der Waals surface area contributed by atoms with Crippen LogP contribution < -0.4 is 4.74 Å². The molecule has 2 aromatic rings. The van der Waals surface area contributed by atoms with Crippen LogP contribution in [0.2, 0.25) is 0 Å². The van der Waals surface area contributed by atoms with E-state index in [1.807, 2.05) is 0 Å². The number of Topliss-reactive ketones (excluding diaryl/α,β-unsaturated/α-hetero) is 1. The van der Waals surface area contributed by atoms with Gasteiger partial charge in [-0.2, -0.15) is 13.2 Å². The lowest BCUT2D eigenvalue weighted by molar-refractivity contribution is -0.153. The SMILES string of the molecule is Cc1ncc(CC(=O)CC2CCC(F)(CCN3CCc4nc(OCC(F)(F)F)sc4CC3)CC2)cn1. The van der Waals surface area contributed by atoms with Gasteiger partial charge in [0.15, 0.2) is 6.61 Å². The first-order chi connectivity index (χ1) is 17.1. The van der Waals surface area contributed by atoms with Gasteiger partial charge >= 0.3 is 6.18 Å². The number of aryl methyl sites for hydroxylation is 1. The molecule has 0 bridgehead atoms. The molecule has 0 atom stereocenters. The summed E-state index contributed by atoms with van der Waals surface area (Å²) in [5, 5.41) is 0.0657. The number of fused-ring (bicyclic) bond motifs is 1. The molecule has 1 saturated carbocycles. The molecule has 2 aliphatic rings. The summed E-state index contributed by atoms with van der Waals surface area (Å²) in [5.41, 5.74) is 0.392. The number of hydrogen-bond acceptors (Lipinski definition) is 7. The van der Waals surface area contributed by atoms with E-state index in [1.54, 1.807) is 19.3 Å². The normalized spacial score (nSPS) is 23.2. The summed E-state index contributed by atoms with van der Waals surface area (Å²) in [6.45, 7) is 2.53. The molecule has 1 fully saturated rings. The number of alkyl halides is 4. The number of hydrogen-bond donors (Lipinski definition) is 0. The molecule has 1 aliphatic heterocycles. The van der Waals surface area contributed by atoms with Crippen molar-refractivity contribution in [2.45, 2.75) is 76.6 Å². The minimum atomic E-state index is -4.38. The van der Waals surface area contributed by atoms with Gasteiger partial charge < -0.3 is 9.64 Å². The lowest BCUT2D eigenvalue weighted by Gasteiger charge is -2.35. The van der Waals surface area contributed by atoms with Crippen LogP contribution in [-0.4, -0.2) is 63.7 Å². The molecule has 36 heavy (non-hydrogen) atoms. The molecule has 0 spiro atoms. The van der Waals surface area contributed by atoms with Crippen LogP contribution in [0, 0.1) is 12.8 Å². The minimum Gasteiger partial charge on any atom is -0.460 e. The van der Waals surface area contributed by atoms with Crippen molar-refractivity contribution in [2.24, 2.45) is 5.92 Å². The van der Waals surface area contributed by atoms with Gasteiger partial charge in [0.1, 0.15) is 17.3 Å². The quantitative estimate of drug-likeness (QED) is 0.423. The molecule has 6 nitrogen and oxygen atoms in total. The molecule has 0 amide bonds. The second kappa shape index (κ2) is 11.5. The van der Waals surface area contributed by atoms with E-state index in [2.05, 4.69) is 19.9 Å². The molecular formula is C25H32F4N4O2S. The molecule has 1 aliphatic carbocycles. The molecule has 2 aromatic heterocycles. The van der Waals surface area contributed by atoms with Crippen molar-refractivity contribution >= 4 is 17.1 Å². The van der Waals surface area contributed by atoms with Gasteiger partial charge in [-0.25, -0.2) is 19.3 Å². The van der Waals surface area contributed by atoms with E-state index in [9.17, 15) is 18.0 Å². The summed E-state index contributed by atoms with van der Waals surface area (Å²) < 4.78 is 57.4. The summed E-state index contributed by atoms with van der Waals surface area (Å²) in [6, 6.07) is 0. The Labute approximate surface area is 212 Å². The summed E-state index contributed by atoms with van der Waals surface area (Å²) in [6.07, 6.45) is 3.92. The van der Waals surface area contributed by atoms with E-state index in [1.165, 1.54) is 11.3 Å². The number of rotatable bonds is 9. The Morgan fingerprint density at radius 1 is 1.19 bits per heavy atom. The Kier molecular flexibility index (Phi) is 8.59. The predicted octanol–water partition coefficient (Wildman–Crippen LogP) is 5.07. The average Bonchev–Trinajstić information content (AvgIpc) is 3.12. The van der Waals surface area contributed by atoms with Gasteiger partial charge in [0.2, 0.25) is 0 Å². The van der Waals surface area contributed by atoms with Crippen molar-refractivity contribution in [2.75, 3.05) is 26.2 Å². The second-order valence-electron chi connectivity index (χ2n) is 10.00. The summed E-state index contributed by atoms with van der Waals surface area (Å²) in [4.78, 5) is 28.1. The van der Waals surface area contributed by atoms with Crippen LogP contribution in [-0.2, 0) is 24.1 Å². The Bertz CT molecular complexity index is 995. The van der Waals surface area contributed by atoms with E-state index >= 15 is 4.39 Å². The number of carbonyl (C=O) groups is 1. The lowest BCUT2D eigenvalue weighted by Crippen LogP contribution is -2.36. The molecule has 198 valence electrons. The first-order valence-electron chi connectivity index (χ1n) is 12.5. The zero-order valence-corrected chi connectivity index (χ0v) is 21.3. The Hall–Kier alpha value is -2.14. The third-order valence-electron chi connectivity index (χ3n) is 7.07. The van der Waals surface area contributed by atoms with E-state index in [-0.39, 0.29) is 16.9 Å². The Balaban J connectivity index is 1.17. The van der Waals surface area contributed by atoms with Crippen LogP contribution in [0.15, 0.2) is 12.4 Å².